The van der Waals surface area contributed by atoms with E-state index < -0.39 is 5.97 Å². The first-order valence-electron chi connectivity index (χ1n) is 7.76. The lowest BCUT2D eigenvalue weighted by molar-refractivity contribution is -0.124. The van der Waals surface area contributed by atoms with E-state index in [4.69, 9.17) is 9.47 Å². The molecule has 5 nitrogen and oxygen atoms in total. The van der Waals surface area contributed by atoms with E-state index in [0.717, 1.165) is 30.2 Å². The maximum absolute atomic E-state index is 12.0. The van der Waals surface area contributed by atoms with E-state index >= 15 is 0 Å². The molecule has 1 fully saturated rings. The molecule has 0 unspecified atom stereocenters. The van der Waals surface area contributed by atoms with Gasteiger partial charge in [0.1, 0.15) is 0 Å². The lowest BCUT2D eigenvalue weighted by atomic mass is 10.1. The normalized spacial score (nSPS) is 17.1. The van der Waals surface area contributed by atoms with Crippen LogP contribution in [0, 0.1) is 0 Å². The molecule has 1 N–H and O–H groups in total. The first-order valence-corrected chi connectivity index (χ1v) is 7.76. The molecule has 5 heteroatoms. The fourth-order valence-electron chi connectivity index (χ4n) is 2.61. The zero-order valence-corrected chi connectivity index (χ0v) is 12.8. The lowest BCUT2D eigenvalue weighted by Gasteiger charge is -2.11. The Bertz CT molecular complexity index is 707. The van der Waals surface area contributed by atoms with E-state index in [9.17, 15) is 9.59 Å². The molecule has 0 saturated carbocycles. The third-order valence-corrected chi connectivity index (χ3v) is 3.87. The number of esters is 1. The van der Waals surface area contributed by atoms with Crippen LogP contribution in [-0.2, 0) is 14.3 Å². The van der Waals surface area contributed by atoms with E-state index in [0.29, 0.717) is 12.1 Å². The van der Waals surface area contributed by atoms with Crippen LogP contribution in [-0.4, -0.2) is 37.7 Å². The predicted molar refractivity (Wildman–Crippen MR) is 86.2 cm³/mol. The van der Waals surface area contributed by atoms with Crippen LogP contribution < -0.4 is 5.32 Å². The number of fused-ring (bicyclic) bond motifs is 1. The Balaban J connectivity index is 1.50. The minimum absolute atomic E-state index is 0.0788. The summed E-state index contributed by atoms with van der Waals surface area (Å²) in [5.74, 6) is -0.808. The van der Waals surface area contributed by atoms with Gasteiger partial charge in [-0.3, -0.25) is 4.79 Å². The summed E-state index contributed by atoms with van der Waals surface area (Å²) < 4.78 is 10.5. The molecule has 0 bridgehead atoms. The lowest BCUT2D eigenvalue weighted by Crippen LogP contribution is -2.34. The standard InChI is InChI=1S/C18H19NO4/c20-17(19-11-16-6-3-9-22-16)12-23-18(21)15-8-7-13-4-1-2-5-14(13)10-15/h1-2,4-5,7-8,10,16H,3,6,9,11-12H2,(H,19,20)/t16-/m0/s1. The molecule has 0 aliphatic carbocycles. The van der Waals surface area contributed by atoms with Crippen molar-refractivity contribution < 1.29 is 19.1 Å². The molecule has 1 atom stereocenters. The van der Waals surface area contributed by atoms with Crippen molar-refractivity contribution in [2.75, 3.05) is 19.8 Å². The van der Waals surface area contributed by atoms with Gasteiger partial charge in [-0.25, -0.2) is 4.79 Å². The SMILES string of the molecule is O=C(COC(=O)c1ccc2ccccc2c1)NC[C@@H]1CCCO1. The molecule has 1 aliphatic heterocycles. The third kappa shape index (κ3) is 4.07. The third-order valence-electron chi connectivity index (χ3n) is 3.87. The van der Waals surface area contributed by atoms with Crippen molar-refractivity contribution in [3.8, 4) is 0 Å². The minimum Gasteiger partial charge on any atom is -0.452 e. The number of hydrogen-bond acceptors (Lipinski definition) is 4. The summed E-state index contributed by atoms with van der Waals surface area (Å²) in [5, 5.41) is 4.74. The largest absolute Gasteiger partial charge is 0.452 e. The predicted octanol–water partition coefficient (Wildman–Crippen LogP) is 2.29. The number of hydrogen-bond donors (Lipinski definition) is 1. The first-order chi connectivity index (χ1) is 11.2. The van der Waals surface area contributed by atoms with Crippen LogP contribution in [0.15, 0.2) is 42.5 Å². The second-order valence-electron chi connectivity index (χ2n) is 5.58. The van der Waals surface area contributed by atoms with Gasteiger partial charge in [0.15, 0.2) is 6.61 Å². The Morgan fingerprint density at radius 2 is 2.00 bits per heavy atom. The van der Waals surface area contributed by atoms with Crippen LogP contribution in [0.4, 0.5) is 0 Å². The number of amides is 1. The van der Waals surface area contributed by atoms with Gasteiger partial charge in [0.25, 0.3) is 5.91 Å². The molecule has 0 aromatic heterocycles. The van der Waals surface area contributed by atoms with Crippen molar-refractivity contribution >= 4 is 22.6 Å². The molecule has 23 heavy (non-hydrogen) atoms. The topological polar surface area (TPSA) is 64.6 Å². The molecular formula is C18H19NO4. The number of nitrogens with one attached hydrogen (secondary N) is 1. The highest BCUT2D eigenvalue weighted by Crippen LogP contribution is 2.16. The number of benzene rings is 2. The van der Waals surface area contributed by atoms with Crippen LogP contribution in [0.5, 0.6) is 0 Å². The van der Waals surface area contributed by atoms with E-state index in [2.05, 4.69) is 5.32 Å². The second-order valence-corrected chi connectivity index (χ2v) is 5.58. The summed E-state index contributed by atoms with van der Waals surface area (Å²) in [6, 6.07) is 13.1. The quantitative estimate of drug-likeness (QED) is 0.860. The molecular weight excluding hydrogens is 294 g/mol. The maximum Gasteiger partial charge on any atom is 0.338 e. The zero-order valence-electron chi connectivity index (χ0n) is 12.8. The highest BCUT2D eigenvalue weighted by atomic mass is 16.5. The summed E-state index contributed by atoms with van der Waals surface area (Å²) in [6.45, 7) is 0.933. The summed E-state index contributed by atoms with van der Waals surface area (Å²) >= 11 is 0. The van der Waals surface area contributed by atoms with Gasteiger partial charge in [0.2, 0.25) is 0 Å². The summed E-state index contributed by atoms with van der Waals surface area (Å²) in [4.78, 5) is 23.7. The molecule has 2 aromatic rings. The highest BCUT2D eigenvalue weighted by molar-refractivity contribution is 5.96. The average molecular weight is 313 g/mol. The summed E-state index contributed by atoms with van der Waals surface area (Å²) in [7, 11) is 0. The first kappa shape index (κ1) is 15.5. The van der Waals surface area contributed by atoms with Crippen LogP contribution in [0.2, 0.25) is 0 Å². The number of ether oxygens (including phenoxy) is 2. The summed E-state index contributed by atoms with van der Waals surface area (Å²) in [5.41, 5.74) is 0.440. The molecule has 1 saturated heterocycles. The molecule has 1 aliphatic rings. The van der Waals surface area contributed by atoms with Crippen LogP contribution >= 0.6 is 0 Å². The van der Waals surface area contributed by atoms with Gasteiger partial charge < -0.3 is 14.8 Å². The molecule has 0 spiro atoms. The molecule has 3 rings (SSSR count). The van der Waals surface area contributed by atoms with E-state index in [1.54, 1.807) is 12.1 Å². The van der Waals surface area contributed by atoms with Crippen LogP contribution in [0.3, 0.4) is 0 Å². The molecule has 120 valence electrons. The van der Waals surface area contributed by atoms with E-state index in [1.165, 1.54) is 0 Å². The van der Waals surface area contributed by atoms with Gasteiger partial charge in [-0.2, -0.15) is 0 Å². The van der Waals surface area contributed by atoms with Crippen molar-refractivity contribution in [2.45, 2.75) is 18.9 Å². The molecule has 1 amide bonds. The van der Waals surface area contributed by atoms with Gasteiger partial charge in [0.05, 0.1) is 11.7 Å². The smallest absolute Gasteiger partial charge is 0.338 e. The molecule has 1 heterocycles. The number of carbonyl (C=O) groups is 2. The molecule has 2 aromatic carbocycles. The zero-order chi connectivity index (χ0) is 16.1. The van der Waals surface area contributed by atoms with Gasteiger partial charge in [0, 0.05) is 13.2 Å². The van der Waals surface area contributed by atoms with E-state index in [1.807, 2.05) is 30.3 Å². The fraction of sp³-hybridized carbons (Fsp3) is 0.333. The average Bonchev–Trinajstić information content (AvgIpc) is 3.11. The summed E-state index contributed by atoms with van der Waals surface area (Å²) in [6.07, 6.45) is 2.06. The highest BCUT2D eigenvalue weighted by Gasteiger charge is 2.17. The molecule has 0 radical (unpaired) electrons. The van der Waals surface area contributed by atoms with E-state index in [-0.39, 0.29) is 18.6 Å². The number of rotatable bonds is 5. The Morgan fingerprint density at radius 3 is 2.78 bits per heavy atom. The second kappa shape index (κ2) is 7.24. The van der Waals surface area contributed by atoms with Gasteiger partial charge in [-0.1, -0.05) is 30.3 Å². The monoisotopic (exact) mass is 313 g/mol. The van der Waals surface area contributed by atoms with Crippen molar-refractivity contribution in [3.63, 3.8) is 0 Å². The Morgan fingerprint density at radius 1 is 1.17 bits per heavy atom. The van der Waals surface area contributed by atoms with Crippen molar-refractivity contribution in [2.24, 2.45) is 0 Å². The van der Waals surface area contributed by atoms with Gasteiger partial charge >= 0.3 is 5.97 Å². The van der Waals surface area contributed by atoms with Crippen molar-refractivity contribution in [1.82, 2.24) is 5.32 Å². The Hall–Kier alpha value is -2.40. The number of carbonyl (C=O) groups excluding carboxylic acids is 2. The Kier molecular flexibility index (Phi) is 4.88. The van der Waals surface area contributed by atoms with Crippen molar-refractivity contribution in [1.29, 1.82) is 0 Å². The van der Waals surface area contributed by atoms with Crippen LogP contribution in [0.25, 0.3) is 10.8 Å². The van der Waals surface area contributed by atoms with Gasteiger partial charge in [-0.15, -0.1) is 0 Å². The van der Waals surface area contributed by atoms with Crippen LogP contribution in [0.1, 0.15) is 23.2 Å². The fourth-order valence-corrected chi connectivity index (χ4v) is 2.61. The van der Waals surface area contributed by atoms with Crippen molar-refractivity contribution in [3.05, 3.63) is 48.0 Å². The Labute approximate surface area is 134 Å². The minimum atomic E-state index is -0.497. The van der Waals surface area contributed by atoms with Gasteiger partial charge in [-0.05, 0) is 35.7 Å². The maximum atomic E-state index is 12.0.